The van der Waals surface area contributed by atoms with Crippen LogP contribution in [0.3, 0.4) is 0 Å². The third-order valence-electron chi connectivity index (χ3n) is 4.19. The Balaban J connectivity index is 1.70. The van der Waals surface area contributed by atoms with Gasteiger partial charge in [0.05, 0.1) is 5.69 Å². The molecule has 6 heteroatoms. The van der Waals surface area contributed by atoms with E-state index in [2.05, 4.69) is 17.2 Å². The molecule has 0 unspecified atom stereocenters. The molecule has 1 amide bonds. The van der Waals surface area contributed by atoms with Gasteiger partial charge in [-0.25, -0.2) is 4.98 Å². The van der Waals surface area contributed by atoms with Crippen LogP contribution in [0.5, 0.6) is 11.5 Å². The van der Waals surface area contributed by atoms with Gasteiger partial charge in [0.15, 0.2) is 11.5 Å². The van der Waals surface area contributed by atoms with E-state index in [4.69, 9.17) is 9.47 Å². The number of pyridine rings is 1. The van der Waals surface area contributed by atoms with E-state index in [9.17, 15) is 4.79 Å². The number of nitrogens with one attached hydrogen (secondary N) is 1. The Bertz CT molecular complexity index is 962. The van der Waals surface area contributed by atoms with Crippen LogP contribution < -0.4 is 14.8 Å². The average Bonchev–Trinajstić information content (AvgIpc) is 3.18. The summed E-state index contributed by atoms with van der Waals surface area (Å²) in [6, 6.07) is 9.33. The van der Waals surface area contributed by atoms with Crippen LogP contribution in [0.1, 0.15) is 35.1 Å². The topological polar surface area (TPSA) is 64.9 Å². The summed E-state index contributed by atoms with van der Waals surface area (Å²) < 4.78 is 12.5. The first kappa shape index (κ1) is 15.5. The number of hydrogen-bond acceptors (Lipinski definition) is 4. The first-order valence-corrected chi connectivity index (χ1v) is 8.34. The summed E-state index contributed by atoms with van der Waals surface area (Å²) in [5, 5.41) is 2.94. The lowest BCUT2D eigenvalue weighted by Gasteiger charge is -2.08. The summed E-state index contributed by atoms with van der Waals surface area (Å²) >= 11 is 0. The van der Waals surface area contributed by atoms with Crippen LogP contribution in [-0.2, 0) is 6.42 Å². The minimum atomic E-state index is -0.182. The summed E-state index contributed by atoms with van der Waals surface area (Å²) in [5.41, 5.74) is 3.96. The highest BCUT2D eigenvalue weighted by molar-refractivity contribution is 6.04. The van der Waals surface area contributed by atoms with Gasteiger partial charge in [0, 0.05) is 18.0 Å². The van der Waals surface area contributed by atoms with Gasteiger partial charge in [-0.3, -0.25) is 9.20 Å². The molecular formula is C19H19N3O3. The molecule has 0 saturated carbocycles. The Morgan fingerprint density at radius 3 is 2.92 bits per heavy atom. The number of ether oxygens (including phenoxy) is 2. The van der Waals surface area contributed by atoms with Gasteiger partial charge < -0.3 is 14.8 Å². The van der Waals surface area contributed by atoms with E-state index in [0.29, 0.717) is 22.9 Å². The number of rotatable bonds is 4. The van der Waals surface area contributed by atoms with E-state index in [1.165, 1.54) is 0 Å². The van der Waals surface area contributed by atoms with E-state index >= 15 is 0 Å². The fourth-order valence-electron chi connectivity index (χ4n) is 3.01. The van der Waals surface area contributed by atoms with E-state index in [1.54, 1.807) is 18.2 Å². The molecule has 4 rings (SSSR count). The molecule has 0 aliphatic carbocycles. The summed E-state index contributed by atoms with van der Waals surface area (Å²) in [6.07, 6.45) is 3.57. The number of anilines is 1. The summed E-state index contributed by atoms with van der Waals surface area (Å²) in [6.45, 7) is 4.30. The van der Waals surface area contributed by atoms with Crippen molar-refractivity contribution in [3.63, 3.8) is 0 Å². The maximum absolute atomic E-state index is 12.9. The van der Waals surface area contributed by atoms with Gasteiger partial charge in [-0.2, -0.15) is 0 Å². The number of fused-ring (bicyclic) bond motifs is 2. The van der Waals surface area contributed by atoms with Crippen LogP contribution in [0, 0.1) is 6.92 Å². The third kappa shape index (κ3) is 2.80. The van der Waals surface area contributed by atoms with Crippen molar-refractivity contribution in [1.29, 1.82) is 0 Å². The van der Waals surface area contributed by atoms with Crippen molar-refractivity contribution in [3.05, 3.63) is 53.5 Å². The molecule has 25 heavy (non-hydrogen) atoms. The van der Waals surface area contributed by atoms with Gasteiger partial charge in [-0.05, 0) is 43.2 Å². The van der Waals surface area contributed by atoms with Gasteiger partial charge in [-0.1, -0.05) is 13.3 Å². The number of nitrogens with zero attached hydrogens (tertiary/aromatic N) is 2. The smallest absolute Gasteiger partial charge is 0.274 e. The van der Waals surface area contributed by atoms with Crippen molar-refractivity contribution < 1.29 is 14.3 Å². The van der Waals surface area contributed by atoms with Crippen LogP contribution >= 0.6 is 0 Å². The summed E-state index contributed by atoms with van der Waals surface area (Å²) in [4.78, 5) is 17.6. The van der Waals surface area contributed by atoms with Crippen LogP contribution in [0.4, 0.5) is 5.69 Å². The minimum absolute atomic E-state index is 0.182. The highest BCUT2D eigenvalue weighted by atomic mass is 16.7. The molecule has 3 aromatic rings. The zero-order chi connectivity index (χ0) is 17.4. The molecule has 0 saturated heterocycles. The lowest BCUT2D eigenvalue weighted by molar-refractivity contribution is 0.102. The largest absolute Gasteiger partial charge is 0.454 e. The standard InChI is InChI=1S/C19H19N3O3/c1-3-4-14-18(22-8-7-12(2)9-17(22)21-14)19(23)20-13-5-6-15-16(10-13)25-11-24-15/h5-10H,3-4,11H2,1-2H3,(H,20,23). The molecule has 128 valence electrons. The Morgan fingerprint density at radius 2 is 2.08 bits per heavy atom. The van der Waals surface area contributed by atoms with Gasteiger partial charge in [-0.15, -0.1) is 0 Å². The van der Waals surface area contributed by atoms with Crippen LogP contribution in [0.15, 0.2) is 36.5 Å². The second kappa shape index (κ2) is 6.12. The van der Waals surface area contributed by atoms with Crippen molar-refractivity contribution in [2.24, 2.45) is 0 Å². The summed E-state index contributed by atoms with van der Waals surface area (Å²) in [7, 11) is 0. The molecule has 0 fully saturated rings. The molecule has 0 atom stereocenters. The van der Waals surface area contributed by atoms with Crippen molar-refractivity contribution >= 4 is 17.2 Å². The zero-order valence-electron chi connectivity index (χ0n) is 14.2. The fraction of sp³-hybridized carbons (Fsp3) is 0.263. The van der Waals surface area contributed by atoms with Crippen LogP contribution in [-0.4, -0.2) is 22.1 Å². The van der Waals surface area contributed by atoms with Crippen molar-refractivity contribution in [2.75, 3.05) is 12.1 Å². The Hall–Kier alpha value is -3.02. The van der Waals surface area contributed by atoms with E-state index < -0.39 is 0 Å². The number of benzene rings is 1. The fourth-order valence-corrected chi connectivity index (χ4v) is 3.01. The first-order valence-electron chi connectivity index (χ1n) is 8.34. The maximum Gasteiger partial charge on any atom is 0.274 e. The van der Waals surface area contributed by atoms with Crippen molar-refractivity contribution in [3.8, 4) is 11.5 Å². The number of amides is 1. The number of imidazole rings is 1. The summed E-state index contributed by atoms with van der Waals surface area (Å²) in [5.74, 6) is 1.15. The lowest BCUT2D eigenvalue weighted by atomic mass is 10.2. The second-order valence-corrected chi connectivity index (χ2v) is 6.11. The quantitative estimate of drug-likeness (QED) is 0.790. The van der Waals surface area contributed by atoms with Crippen molar-refractivity contribution in [2.45, 2.75) is 26.7 Å². The normalized spacial score (nSPS) is 12.6. The molecule has 1 aliphatic rings. The predicted molar refractivity (Wildman–Crippen MR) is 94.4 cm³/mol. The molecule has 0 bridgehead atoms. The lowest BCUT2D eigenvalue weighted by Crippen LogP contribution is -2.16. The number of aryl methyl sites for hydroxylation is 2. The first-order chi connectivity index (χ1) is 12.2. The average molecular weight is 337 g/mol. The third-order valence-corrected chi connectivity index (χ3v) is 4.19. The van der Waals surface area contributed by atoms with Crippen LogP contribution in [0.25, 0.3) is 5.65 Å². The molecular weight excluding hydrogens is 318 g/mol. The molecule has 3 heterocycles. The molecule has 1 aliphatic heterocycles. The SMILES string of the molecule is CCCc1nc2cc(C)ccn2c1C(=O)Nc1ccc2c(c1)OCO2. The number of carbonyl (C=O) groups is 1. The van der Waals surface area contributed by atoms with Gasteiger partial charge in [0.25, 0.3) is 5.91 Å². The van der Waals surface area contributed by atoms with Gasteiger partial charge in [0.2, 0.25) is 6.79 Å². The monoisotopic (exact) mass is 337 g/mol. The highest BCUT2D eigenvalue weighted by Crippen LogP contribution is 2.34. The zero-order valence-corrected chi connectivity index (χ0v) is 14.2. The van der Waals surface area contributed by atoms with Gasteiger partial charge in [0.1, 0.15) is 11.3 Å². The molecule has 0 spiro atoms. The number of carbonyl (C=O) groups excluding carboxylic acids is 1. The molecule has 2 aromatic heterocycles. The Kier molecular flexibility index (Phi) is 3.80. The molecule has 1 aromatic carbocycles. The molecule has 0 radical (unpaired) electrons. The predicted octanol–water partition coefficient (Wildman–Crippen LogP) is 3.58. The van der Waals surface area contributed by atoms with E-state index in [-0.39, 0.29) is 12.7 Å². The van der Waals surface area contributed by atoms with E-state index in [1.807, 2.05) is 29.7 Å². The highest BCUT2D eigenvalue weighted by Gasteiger charge is 2.20. The Labute approximate surface area is 145 Å². The van der Waals surface area contributed by atoms with Gasteiger partial charge >= 0.3 is 0 Å². The number of hydrogen-bond donors (Lipinski definition) is 1. The second-order valence-electron chi connectivity index (χ2n) is 6.11. The van der Waals surface area contributed by atoms with Crippen molar-refractivity contribution in [1.82, 2.24) is 9.38 Å². The molecule has 1 N–H and O–H groups in total. The molecule has 6 nitrogen and oxygen atoms in total. The maximum atomic E-state index is 12.9. The van der Waals surface area contributed by atoms with E-state index in [0.717, 1.165) is 29.7 Å². The number of aromatic nitrogens is 2. The minimum Gasteiger partial charge on any atom is -0.454 e. The Morgan fingerprint density at radius 1 is 1.24 bits per heavy atom. The van der Waals surface area contributed by atoms with Crippen LogP contribution in [0.2, 0.25) is 0 Å².